The summed E-state index contributed by atoms with van der Waals surface area (Å²) in [6.07, 6.45) is 0.730. The molecule has 0 radical (unpaired) electrons. The normalized spacial score (nSPS) is 14.0. The molecule has 0 spiro atoms. The van der Waals surface area contributed by atoms with Crippen molar-refractivity contribution in [2.75, 3.05) is 50.2 Å². The Labute approximate surface area is 175 Å². The van der Waals surface area contributed by atoms with Crippen LogP contribution in [0.1, 0.15) is 20.3 Å². The van der Waals surface area contributed by atoms with Crippen LogP contribution in [0.25, 0.3) is 0 Å². The zero-order valence-electron chi connectivity index (χ0n) is 17.6. The largest absolute Gasteiger partial charge is 0.494 e. The van der Waals surface area contributed by atoms with Gasteiger partial charge in [-0.2, -0.15) is 0 Å². The molecule has 0 amide bonds. The highest BCUT2D eigenvalue weighted by atomic mass is 16.5. The standard InChI is InChI=1S/C21H30N4O5/c1-3-9-24-19(22)18(23-10-13-28-14-11-23)20(26)25(21(24)27)12-15-30-17-7-5-16(6-8-17)29-4-2/h5-8H,3-4,9-15,22H2,1-2H3. The molecule has 0 aliphatic carbocycles. The molecule has 0 bridgehead atoms. The first-order valence-corrected chi connectivity index (χ1v) is 10.4. The van der Waals surface area contributed by atoms with E-state index >= 15 is 0 Å². The molecule has 9 heteroatoms. The Morgan fingerprint density at radius 3 is 2.20 bits per heavy atom. The number of rotatable bonds is 9. The Morgan fingerprint density at radius 2 is 1.60 bits per heavy atom. The van der Waals surface area contributed by atoms with E-state index in [0.717, 1.165) is 12.2 Å². The highest BCUT2D eigenvalue weighted by Crippen LogP contribution is 2.19. The summed E-state index contributed by atoms with van der Waals surface area (Å²) < 4.78 is 19.2. The maximum absolute atomic E-state index is 13.1. The first-order valence-electron chi connectivity index (χ1n) is 10.4. The Hall–Kier alpha value is -2.94. The third-order valence-electron chi connectivity index (χ3n) is 4.94. The molecule has 2 heterocycles. The van der Waals surface area contributed by atoms with E-state index < -0.39 is 5.69 Å². The first-order chi connectivity index (χ1) is 14.6. The SMILES string of the molecule is CCCn1c(N)c(N2CCOCC2)c(=O)n(CCOc2ccc(OCC)cc2)c1=O. The van der Waals surface area contributed by atoms with Crippen LogP contribution in [0, 0.1) is 0 Å². The van der Waals surface area contributed by atoms with Gasteiger partial charge in [0.2, 0.25) is 0 Å². The maximum Gasteiger partial charge on any atom is 0.332 e. The van der Waals surface area contributed by atoms with Crippen molar-refractivity contribution >= 4 is 11.5 Å². The van der Waals surface area contributed by atoms with Crippen molar-refractivity contribution in [1.29, 1.82) is 0 Å². The van der Waals surface area contributed by atoms with Crippen molar-refractivity contribution in [2.24, 2.45) is 0 Å². The molecule has 2 aromatic rings. The molecule has 1 aromatic heterocycles. The summed E-state index contributed by atoms with van der Waals surface area (Å²) in [7, 11) is 0. The first kappa shape index (κ1) is 21.8. The molecule has 164 valence electrons. The van der Waals surface area contributed by atoms with E-state index in [0.29, 0.717) is 50.9 Å². The zero-order chi connectivity index (χ0) is 21.5. The molecule has 1 aliphatic rings. The van der Waals surface area contributed by atoms with E-state index in [2.05, 4.69) is 0 Å². The van der Waals surface area contributed by atoms with Gasteiger partial charge < -0.3 is 24.8 Å². The second-order valence-corrected chi connectivity index (χ2v) is 6.98. The minimum absolute atomic E-state index is 0.131. The molecular formula is C21H30N4O5. The van der Waals surface area contributed by atoms with Crippen LogP contribution in [0.2, 0.25) is 0 Å². The quantitative estimate of drug-likeness (QED) is 0.655. The highest BCUT2D eigenvalue weighted by molar-refractivity contribution is 5.62. The van der Waals surface area contributed by atoms with Gasteiger partial charge in [0.05, 0.1) is 26.4 Å². The second kappa shape index (κ2) is 10.2. The zero-order valence-corrected chi connectivity index (χ0v) is 17.6. The number of hydrogen-bond donors (Lipinski definition) is 1. The van der Waals surface area contributed by atoms with Crippen LogP contribution in [-0.2, 0) is 17.8 Å². The molecule has 1 aromatic carbocycles. The van der Waals surface area contributed by atoms with Gasteiger partial charge in [0.25, 0.3) is 5.56 Å². The molecule has 0 saturated carbocycles. The summed E-state index contributed by atoms with van der Waals surface area (Å²) in [5.41, 5.74) is 5.82. The van der Waals surface area contributed by atoms with Crippen LogP contribution in [0.5, 0.6) is 11.5 Å². The summed E-state index contributed by atoms with van der Waals surface area (Å²) >= 11 is 0. The van der Waals surface area contributed by atoms with Crippen LogP contribution >= 0.6 is 0 Å². The molecule has 1 fully saturated rings. The Morgan fingerprint density at radius 1 is 0.967 bits per heavy atom. The Bertz CT molecular complexity index is 946. The number of morpholine rings is 1. The van der Waals surface area contributed by atoms with Gasteiger partial charge in [0, 0.05) is 19.6 Å². The van der Waals surface area contributed by atoms with Gasteiger partial charge in [-0.05, 0) is 37.6 Å². The van der Waals surface area contributed by atoms with Crippen molar-refractivity contribution in [3.05, 3.63) is 45.1 Å². The number of anilines is 2. The van der Waals surface area contributed by atoms with Crippen molar-refractivity contribution in [3.63, 3.8) is 0 Å². The number of nitrogens with two attached hydrogens (primary N) is 1. The van der Waals surface area contributed by atoms with Crippen LogP contribution in [0.4, 0.5) is 11.5 Å². The van der Waals surface area contributed by atoms with Gasteiger partial charge in [-0.25, -0.2) is 4.79 Å². The fourth-order valence-corrected chi connectivity index (χ4v) is 3.48. The van der Waals surface area contributed by atoms with Crippen LogP contribution in [-0.4, -0.2) is 48.7 Å². The number of aromatic nitrogens is 2. The van der Waals surface area contributed by atoms with E-state index in [4.69, 9.17) is 19.9 Å². The lowest BCUT2D eigenvalue weighted by atomic mass is 10.3. The average Bonchev–Trinajstić information content (AvgIpc) is 2.76. The smallest absolute Gasteiger partial charge is 0.332 e. The highest BCUT2D eigenvalue weighted by Gasteiger charge is 2.23. The van der Waals surface area contributed by atoms with E-state index in [1.54, 1.807) is 12.1 Å². The molecular weight excluding hydrogens is 388 g/mol. The molecule has 0 atom stereocenters. The molecule has 3 rings (SSSR count). The van der Waals surface area contributed by atoms with Crippen molar-refractivity contribution in [2.45, 2.75) is 33.4 Å². The number of ether oxygens (including phenoxy) is 3. The molecule has 1 saturated heterocycles. The lowest BCUT2D eigenvalue weighted by molar-refractivity contribution is 0.122. The number of benzene rings is 1. The molecule has 0 unspecified atom stereocenters. The monoisotopic (exact) mass is 418 g/mol. The van der Waals surface area contributed by atoms with Crippen LogP contribution in [0.3, 0.4) is 0 Å². The van der Waals surface area contributed by atoms with Gasteiger partial charge in [-0.3, -0.25) is 13.9 Å². The van der Waals surface area contributed by atoms with Gasteiger partial charge in [0.15, 0.2) is 0 Å². The lowest BCUT2D eigenvalue weighted by Crippen LogP contribution is -2.47. The number of nitrogens with zero attached hydrogens (tertiary/aromatic N) is 3. The average molecular weight is 418 g/mol. The Kier molecular flexibility index (Phi) is 7.40. The molecule has 1 aliphatic heterocycles. The second-order valence-electron chi connectivity index (χ2n) is 6.98. The predicted molar refractivity (Wildman–Crippen MR) is 116 cm³/mol. The Balaban J connectivity index is 1.83. The third-order valence-corrected chi connectivity index (χ3v) is 4.94. The third kappa shape index (κ3) is 4.79. The van der Waals surface area contributed by atoms with Gasteiger partial charge in [-0.15, -0.1) is 0 Å². The lowest BCUT2D eigenvalue weighted by Gasteiger charge is -2.30. The number of hydrogen-bond acceptors (Lipinski definition) is 7. The minimum Gasteiger partial charge on any atom is -0.494 e. The summed E-state index contributed by atoms with van der Waals surface area (Å²) in [6, 6.07) is 7.23. The van der Waals surface area contributed by atoms with Crippen molar-refractivity contribution in [3.8, 4) is 11.5 Å². The summed E-state index contributed by atoms with van der Waals surface area (Å²) in [6.45, 7) is 7.40. The topological polar surface area (TPSA) is 101 Å². The molecule has 2 N–H and O–H groups in total. The van der Waals surface area contributed by atoms with Crippen molar-refractivity contribution in [1.82, 2.24) is 9.13 Å². The van der Waals surface area contributed by atoms with Crippen LogP contribution in [0.15, 0.2) is 33.9 Å². The van der Waals surface area contributed by atoms with Gasteiger partial charge in [0.1, 0.15) is 29.6 Å². The van der Waals surface area contributed by atoms with E-state index in [1.807, 2.05) is 30.9 Å². The predicted octanol–water partition coefficient (Wildman–Crippen LogP) is 1.32. The number of nitrogen functional groups attached to an aromatic ring is 1. The van der Waals surface area contributed by atoms with E-state index in [-0.39, 0.29) is 24.5 Å². The van der Waals surface area contributed by atoms with E-state index in [9.17, 15) is 9.59 Å². The fourth-order valence-electron chi connectivity index (χ4n) is 3.48. The molecule has 9 nitrogen and oxygen atoms in total. The maximum atomic E-state index is 13.1. The van der Waals surface area contributed by atoms with E-state index in [1.165, 1.54) is 9.13 Å². The van der Waals surface area contributed by atoms with Gasteiger partial charge >= 0.3 is 5.69 Å². The summed E-state index contributed by atoms with van der Waals surface area (Å²) in [4.78, 5) is 28.0. The molecule has 30 heavy (non-hydrogen) atoms. The van der Waals surface area contributed by atoms with Crippen molar-refractivity contribution < 1.29 is 14.2 Å². The summed E-state index contributed by atoms with van der Waals surface area (Å²) in [5, 5.41) is 0. The minimum atomic E-state index is -0.411. The fraction of sp³-hybridized carbons (Fsp3) is 0.524. The van der Waals surface area contributed by atoms with Crippen LogP contribution < -0.4 is 31.4 Å². The van der Waals surface area contributed by atoms with Gasteiger partial charge in [-0.1, -0.05) is 6.92 Å². The summed E-state index contributed by atoms with van der Waals surface area (Å²) in [5.74, 6) is 1.62.